The lowest BCUT2D eigenvalue weighted by Gasteiger charge is -2.22. The van der Waals surface area contributed by atoms with Gasteiger partial charge >= 0.3 is 0 Å². The van der Waals surface area contributed by atoms with E-state index in [0.717, 1.165) is 25.9 Å². The normalized spacial score (nSPS) is 17.7. The first-order valence-corrected chi connectivity index (χ1v) is 7.24. The van der Waals surface area contributed by atoms with E-state index in [-0.39, 0.29) is 18.6 Å². The summed E-state index contributed by atoms with van der Waals surface area (Å²) >= 11 is 0. The Balaban J connectivity index is 1.89. The van der Waals surface area contributed by atoms with Gasteiger partial charge in [-0.1, -0.05) is 11.8 Å². The molecule has 5 heteroatoms. The number of ether oxygens (including phenoxy) is 1. The van der Waals surface area contributed by atoms with Crippen LogP contribution in [-0.4, -0.2) is 41.9 Å². The van der Waals surface area contributed by atoms with Crippen LogP contribution >= 0.6 is 0 Å². The Kier molecular flexibility index (Phi) is 6.20. The third-order valence-electron chi connectivity index (χ3n) is 3.23. The highest BCUT2D eigenvalue weighted by molar-refractivity contribution is 5.94. The first kappa shape index (κ1) is 15.5. The molecule has 2 heterocycles. The van der Waals surface area contributed by atoms with Crippen LogP contribution in [0.4, 0.5) is 0 Å². The Morgan fingerprint density at radius 3 is 3.14 bits per heavy atom. The summed E-state index contributed by atoms with van der Waals surface area (Å²) in [6, 6.07) is 1.70. The number of amides is 1. The van der Waals surface area contributed by atoms with Gasteiger partial charge in [0.2, 0.25) is 0 Å². The summed E-state index contributed by atoms with van der Waals surface area (Å²) in [6.07, 6.45) is 6.89. The molecule has 0 spiro atoms. The van der Waals surface area contributed by atoms with Gasteiger partial charge in [-0.2, -0.15) is 0 Å². The molecule has 1 fully saturated rings. The van der Waals surface area contributed by atoms with E-state index in [0.29, 0.717) is 24.1 Å². The maximum atomic E-state index is 12.1. The lowest BCUT2D eigenvalue weighted by atomic mass is 10.1. The summed E-state index contributed by atoms with van der Waals surface area (Å²) in [6.45, 7) is 1.33. The molecule has 0 aromatic carbocycles. The molecule has 0 radical (unpaired) electrons. The number of aromatic nitrogens is 1. The average molecular weight is 288 g/mol. The summed E-state index contributed by atoms with van der Waals surface area (Å²) < 4.78 is 5.58. The molecule has 1 amide bonds. The van der Waals surface area contributed by atoms with Gasteiger partial charge in [0, 0.05) is 37.5 Å². The first-order valence-electron chi connectivity index (χ1n) is 7.24. The average Bonchev–Trinajstić information content (AvgIpc) is 2.54. The van der Waals surface area contributed by atoms with Crippen molar-refractivity contribution in [1.82, 2.24) is 10.3 Å². The van der Waals surface area contributed by atoms with E-state index < -0.39 is 0 Å². The van der Waals surface area contributed by atoms with Gasteiger partial charge in [-0.15, -0.1) is 0 Å². The van der Waals surface area contributed by atoms with Gasteiger partial charge in [-0.25, -0.2) is 0 Å². The van der Waals surface area contributed by atoms with Crippen LogP contribution in [0, 0.1) is 11.8 Å². The number of hydrogen-bond donors (Lipinski definition) is 2. The zero-order valence-electron chi connectivity index (χ0n) is 12.0. The number of rotatable bonds is 4. The molecule has 1 aliphatic rings. The molecule has 1 aromatic rings. The first-order chi connectivity index (χ1) is 10.3. The predicted octanol–water partition coefficient (Wildman–Crippen LogP) is 1.11. The summed E-state index contributed by atoms with van der Waals surface area (Å²) in [4.78, 5) is 16.1. The molecule has 1 aliphatic heterocycles. The molecule has 1 aromatic heterocycles. The summed E-state index contributed by atoms with van der Waals surface area (Å²) in [5, 5.41) is 11.6. The summed E-state index contributed by atoms with van der Waals surface area (Å²) in [5.74, 6) is 5.51. The lowest BCUT2D eigenvalue weighted by Crippen LogP contribution is -2.35. The molecule has 0 bridgehead atoms. The fourth-order valence-electron chi connectivity index (χ4n) is 2.13. The van der Waals surface area contributed by atoms with Gasteiger partial charge in [-0.05, 0) is 25.3 Å². The second-order valence-corrected chi connectivity index (χ2v) is 4.94. The van der Waals surface area contributed by atoms with Crippen molar-refractivity contribution in [2.75, 3.05) is 19.8 Å². The Labute approximate surface area is 124 Å². The topological polar surface area (TPSA) is 71.5 Å². The van der Waals surface area contributed by atoms with Crippen molar-refractivity contribution in [3.8, 4) is 11.8 Å². The van der Waals surface area contributed by atoms with E-state index >= 15 is 0 Å². The van der Waals surface area contributed by atoms with Gasteiger partial charge in [0.25, 0.3) is 5.91 Å². The highest BCUT2D eigenvalue weighted by Gasteiger charge is 2.15. The van der Waals surface area contributed by atoms with Gasteiger partial charge in [0.05, 0.1) is 18.3 Å². The maximum absolute atomic E-state index is 12.1. The molecule has 0 aliphatic carbocycles. The SMILES string of the molecule is O=C(NCC1CCCCO1)c1cncc(C#CCCO)c1. The monoisotopic (exact) mass is 288 g/mol. The number of nitrogens with zero attached hydrogens (tertiary/aromatic N) is 1. The molecule has 21 heavy (non-hydrogen) atoms. The number of aliphatic hydroxyl groups excluding tert-OH is 1. The zero-order valence-corrected chi connectivity index (χ0v) is 12.0. The van der Waals surface area contributed by atoms with Crippen molar-refractivity contribution in [2.45, 2.75) is 31.8 Å². The van der Waals surface area contributed by atoms with Crippen LogP contribution in [0.3, 0.4) is 0 Å². The molecule has 2 N–H and O–H groups in total. The fraction of sp³-hybridized carbons (Fsp3) is 0.500. The molecule has 112 valence electrons. The van der Waals surface area contributed by atoms with Crippen LogP contribution in [0.15, 0.2) is 18.5 Å². The van der Waals surface area contributed by atoms with Gasteiger partial charge in [0.15, 0.2) is 0 Å². The van der Waals surface area contributed by atoms with Gasteiger partial charge < -0.3 is 15.2 Å². The Morgan fingerprint density at radius 2 is 2.38 bits per heavy atom. The van der Waals surface area contributed by atoms with E-state index in [1.807, 2.05) is 0 Å². The van der Waals surface area contributed by atoms with Crippen LogP contribution in [0.25, 0.3) is 0 Å². The minimum atomic E-state index is -0.164. The van der Waals surface area contributed by atoms with Gasteiger partial charge in [0.1, 0.15) is 0 Å². The Morgan fingerprint density at radius 1 is 1.48 bits per heavy atom. The number of hydrogen-bond acceptors (Lipinski definition) is 4. The van der Waals surface area contributed by atoms with E-state index in [1.165, 1.54) is 6.20 Å². The smallest absolute Gasteiger partial charge is 0.252 e. The highest BCUT2D eigenvalue weighted by atomic mass is 16.5. The van der Waals surface area contributed by atoms with Crippen molar-refractivity contribution in [3.05, 3.63) is 29.6 Å². The Bertz CT molecular complexity index is 528. The zero-order chi connectivity index (χ0) is 14.9. The Hall–Kier alpha value is -1.90. The minimum absolute atomic E-state index is 0.0298. The molecular formula is C16H20N2O3. The molecule has 2 rings (SSSR count). The second kappa shape index (κ2) is 8.40. The van der Waals surface area contributed by atoms with Crippen molar-refractivity contribution < 1.29 is 14.6 Å². The largest absolute Gasteiger partial charge is 0.395 e. The number of nitrogens with one attached hydrogen (secondary N) is 1. The standard InChI is InChI=1S/C16H20N2O3/c19-7-3-1-5-13-9-14(11-17-10-13)16(20)18-12-15-6-2-4-8-21-15/h9-11,15,19H,2-4,6-8,12H2,(H,18,20). The molecule has 0 saturated carbocycles. The van der Waals surface area contributed by atoms with Crippen molar-refractivity contribution in [2.24, 2.45) is 0 Å². The molecule has 5 nitrogen and oxygen atoms in total. The second-order valence-electron chi connectivity index (χ2n) is 4.94. The highest BCUT2D eigenvalue weighted by Crippen LogP contribution is 2.11. The van der Waals surface area contributed by atoms with Crippen LogP contribution in [0.2, 0.25) is 0 Å². The van der Waals surface area contributed by atoms with E-state index in [2.05, 4.69) is 22.1 Å². The van der Waals surface area contributed by atoms with E-state index in [4.69, 9.17) is 9.84 Å². The quantitative estimate of drug-likeness (QED) is 0.814. The van der Waals surface area contributed by atoms with Crippen molar-refractivity contribution in [3.63, 3.8) is 0 Å². The third kappa shape index (κ3) is 5.18. The third-order valence-corrected chi connectivity index (χ3v) is 3.23. The predicted molar refractivity (Wildman–Crippen MR) is 78.7 cm³/mol. The maximum Gasteiger partial charge on any atom is 0.252 e. The van der Waals surface area contributed by atoms with Crippen molar-refractivity contribution in [1.29, 1.82) is 0 Å². The number of carbonyl (C=O) groups is 1. The van der Waals surface area contributed by atoms with E-state index in [1.54, 1.807) is 12.3 Å². The summed E-state index contributed by atoms with van der Waals surface area (Å²) in [5.41, 5.74) is 1.16. The molecule has 1 unspecified atom stereocenters. The number of aliphatic hydroxyl groups is 1. The van der Waals surface area contributed by atoms with Crippen molar-refractivity contribution >= 4 is 5.91 Å². The molecular weight excluding hydrogens is 268 g/mol. The summed E-state index contributed by atoms with van der Waals surface area (Å²) in [7, 11) is 0. The minimum Gasteiger partial charge on any atom is -0.395 e. The van der Waals surface area contributed by atoms with E-state index in [9.17, 15) is 4.79 Å². The van der Waals surface area contributed by atoms with Crippen LogP contribution in [0.5, 0.6) is 0 Å². The molecule has 1 saturated heterocycles. The molecule has 1 atom stereocenters. The van der Waals surface area contributed by atoms with Crippen LogP contribution in [-0.2, 0) is 4.74 Å². The number of pyridine rings is 1. The fourth-order valence-corrected chi connectivity index (χ4v) is 2.13. The van der Waals surface area contributed by atoms with Gasteiger partial charge in [-0.3, -0.25) is 9.78 Å². The number of carbonyl (C=O) groups excluding carboxylic acids is 1. The lowest BCUT2D eigenvalue weighted by molar-refractivity contribution is 0.0169. The van der Waals surface area contributed by atoms with Crippen LogP contribution < -0.4 is 5.32 Å². The van der Waals surface area contributed by atoms with Crippen LogP contribution in [0.1, 0.15) is 41.6 Å².